The van der Waals surface area contributed by atoms with Gasteiger partial charge in [-0.05, 0) is 35.9 Å². The molecule has 0 atom stereocenters. The largest absolute Gasteiger partial charge is 0.507 e. The van der Waals surface area contributed by atoms with Crippen LogP contribution < -0.4 is 19.1 Å². The van der Waals surface area contributed by atoms with Crippen LogP contribution in [0.25, 0.3) is 6.08 Å². The summed E-state index contributed by atoms with van der Waals surface area (Å²) in [5.41, 5.74) is 1.89. The zero-order chi connectivity index (χ0) is 17.6. The van der Waals surface area contributed by atoms with Crippen molar-refractivity contribution in [3.05, 3.63) is 52.8 Å². The number of quaternary nitrogens is 1. The summed E-state index contributed by atoms with van der Waals surface area (Å²) >= 11 is 0. The second-order valence-electron chi connectivity index (χ2n) is 6.38. The van der Waals surface area contributed by atoms with Gasteiger partial charge in [0, 0.05) is 0 Å². The molecule has 2 aliphatic heterocycles. The van der Waals surface area contributed by atoms with Crippen LogP contribution in [0.4, 0.5) is 0 Å². The Balaban J connectivity index is 1.70. The topological polar surface area (TPSA) is 69.4 Å². The number of phenols is 1. The molecule has 2 aromatic rings. The van der Waals surface area contributed by atoms with Crippen molar-refractivity contribution in [3.63, 3.8) is 0 Å². The fourth-order valence-corrected chi connectivity index (χ4v) is 2.98. The van der Waals surface area contributed by atoms with Gasteiger partial charge < -0.3 is 24.2 Å². The molecule has 2 aromatic carbocycles. The summed E-state index contributed by atoms with van der Waals surface area (Å²) < 4.78 is 16.5. The number of hydrogen-bond donors (Lipinski definition) is 2. The van der Waals surface area contributed by atoms with E-state index in [2.05, 4.69) is 0 Å². The lowest BCUT2D eigenvalue weighted by atomic mass is 10.0. The van der Waals surface area contributed by atoms with E-state index in [4.69, 9.17) is 14.2 Å². The molecule has 2 aliphatic rings. The van der Waals surface area contributed by atoms with Crippen molar-refractivity contribution in [2.75, 3.05) is 20.9 Å². The average Bonchev–Trinajstić information content (AvgIpc) is 3.15. The number of phenolic OH excluding ortho intramolecular Hbond substituents is 1. The maximum atomic E-state index is 12.6. The van der Waals surface area contributed by atoms with Crippen molar-refractivity contribution < 1.29 is 29.0 Å². The summed E-state index contributed by atoms with van der Waals surface area (Å²) in [6.07, 6.45) is 1.67. The molecule has 0 radical (unpaired) electrons. The third-order valence-electron chi connectivity index (χ3n) is 4.14. The molecule has 2 heterocycles. The molecule has 0 spiro atoms. The number of ketones is 1. The van der Waals surface area contributed by atoms with E-state index in [1.807, 2.05) is 20.2 Å². The highest BCUT2D eigenvalue weighted by Gasteiger charge is 2.32. The Labute approximate surface area is 144 Å². The van der Waals surface area contributed by atoms with E-state index in [-0.39, 0.29) is 24.1 Å². The number of aromatic hydroxyl groups is 1. The predicted octanol–water partition coefficient (Wildman–Crippen LogP) is 1.38. The number of ether oxygens (including phenoxy) is 3. The Kier molecular flexibility index (Phi) is 3.62. The third kappa shape index (κ3) is 2.70. The first-order valence-corrected chi connectivity index (χ1v) is 8.00. The van der Waals surface area contributed by atoms with Crippen molar-refractivity contribution in [2.24, 2.45) is 0 Å². The number of carbonyl (C=O) groups excluding carboxylic acids is 1. The van der Waals surface area contributed by atoms with Crippen LogP contribution in [0, 0.1) is 0 Å². The quantitative estimate of drug-likeness (QED) is 0.826. The van der Waals surface area contributed by atoms with Crippen LogP contribution in [0.5, 0.6) is 23.0 Å². The number of Topliss-reactive ketones (excluding diaryl/α,β-unsaturated/α-hetero) is 1. The second kappa shape index (κ2) is 5.82. The monoisotopic (exact) mass is 340 g/mol. The van der Waals surface area contributed by atoms with Gasteiger partial charge in [-0.3, -0.25) is 4.79 Å². The normalized spacial score (nSPS) is 16.4. The molecular formula is C19H18NO5+. The van der Waals surface area contributed by atoms with E-state index >= 15 is 0 Å². The highest BCUT2D eigenvalue weighted by atomic mass is 16.7. The van der Waals surface area contributed by atoms with Crippen LogP contribution in [-0.2, 0) is 6.54 Å². The van der Waals surface area contributed by atoms with Gasteiger partial charge in [-0.25, -0.2) is 0 Å². The van der Waals surface area contributed by atoms with Gasteiger partial charge in [-0.1, -0.05) is 6.07 Å². The summed E-state index contributed by atoms with van der Waals surface area (Å²) in [6, 6.07) is 8.58. The number of hydrogen-bond acceptors (Lipinski definition) is 5. The van der Waals surface area contributed by atoms with Crippen molar-refractivity contribution in [2.45, 2.75) is 6.54 Å². The zero-order valence-corrected chi connectivity index (χ0v) is 14.0. The van der Waals surface area contributed by atoms with E-state index in [9.17, 15) is 9.90 Å². The molecular weight excluding hydrogens is 322 g/mol. The molecule has 0 unspecified atom stereocenters. The van der Waals surface area contributed by atoms with Gasteiger partial charge in [0.05, 0.1) is 25.2 Å². The molecule has 0 saturated heterocycles. The maximum absolute atomic E-state index is 12.6. The fraction of sp³-hybridized carbons (Fsp3) is 0.211. The lowest BCUT2D eigenvalue weighted by Gasteiger charge is -2.12. The Bertz CT molecular complexity index is 901. The van der Waals surface area contributed by atoms with Gasteiger partial charge in [-0.2, -0.15) is 0 Å². The van der Waals surface area contributed by atoms with Crippen LogP contribution in [-0.4, -0.2) is 31.8 Å². The average molecular weight is 340 g/mol. The summed E-state index contributed by atoms with van der Waals surface area (Å²) in [5.74, 6) is 1.95. The van der Waals surface area contributed by atoms with Gasteiger partial charge in [-0.15, -0.1) is 0 Å². The molecule has 128 valence electrons. The van der Waals surface area contributed by atoms with Crippen LogP contribution in [0.1, 0.15) is 21.5 Å². The minimum atomic E-state index is -0.192. The molecule has 0 aliphatic carbocycles. The minimum absolute atomic E-state index is 0.136. The van der Waals surface area contributed by atoms with E-state index in [1.165, 1.54) is 0 Å². The molecule has 0 saturated carbocycles. The highest BCUT2D eigenvalue weighted by molar-refractivity contribution is 6.15. The van der Waals surface area contributed by atoms with E-state index in [0.717, 1.165) is 10.5 Å². The lowest BCUT2D eigenvalue weighted by Crippen LogP contribution is -3.04. The van der Waals surface area contributed by atoms with Crippen molar-refractivity contribution in [1.82, 2.24) is 0 Å². The van der Waals surface area contributed by atoms with Crippen molar-refractivity contribution in [1.29, 1.82) is 0 Å². The number of carbonyl (C=O) groups is 1. The third-order valence-corrected chi connectivity index (χ3v) is 4.14. The minimum Gasteiger partial charge on any atom is -0.507 e. The molecule has 0 bridgehead atoms. The number of nitrogens with one attached hydrogen (secondary N) is 1. The first-order chi connectivity index (χ1) is 12.0. The summed E-state index contributed by atoms with van der Waals surface area (Å²) in [5, 5.41) is 10.1. The Hall–Kier alpha value is -2.99. The van der Waals surface area contributed by atoms with Gasteiger partial charge in [0.1, 0.15) is 12.3 Å². The fourth-order valence-electron chi connectivity index (χ4n) is 2.98. The predicted molar refractivity (Wildman–Crippen MR) is 90.1 cm³/mol. The van der Waals surface area contributed by atoms with Crippen molar-refractivity contribution in [3.8, 4) is 23.0 Å². The Morgan fingerprint density at radius 2 is 1.96 bits per heavy atom. The van der Waals surface area contributed by atoms with E-state index in [0.29, 0.717) is 34.9 Å². The summed E-state index contributed by atoms with van der Waals surface area (Å²) in [4.78, 5) is 13.8. The van der Waals surface area contributed by atoms with Gasteiger partial charge in [0.15, 0.2) is 23.0 Å². The first-order valence-electron chi connectivity index (χ1n) is 8.00. The van der Waals surface area contributed by atoms with E-state index < -0.39 is 0 Å². The van der Waals surface area contributed by atoms with Crippen LogP contribution in [0.15, 0.2) is 36.1 Å². The smallest absolute Gasteiger partial charge is 0.231 e. The summed E-state index contributed by atoms with van der Waals surface area (Å²) in [6.45, 7) is 0.755. The van der Waals surface area contributed by atoms with Crippen LogP contribution in [0.3, 0.4) is 0 Å². The van der Waals surface area contributed by atoms with Gasteiger partial charge in [0.25, 0.3) is 0 Å². The van der Waals surface area contributed by atoms with E-state index in [1.54, 1.807) is 30.3 Å². The second-order valence-corrected chi connectivity index (χ2v) is 6.38. The number of fused-ring (bicyclic) bond motifs is 2. The highest BCUT2D eigenvalue weighted by Crippen LogP contribution is 2.39. The van der Waals surface area contributed by atoms with Gasteiger partial charge >= 0.3 is 0 Å². The van der Waals surface area contributed by atoms with Crippen LogP contribution >= 0.6 is 0 Å². The lowest BCUT2D eigenvalue weighted by molar-refractivity contribution is -0.872. The Morgan fingerprint density at radius 3 is 2.76 bits per heavy atom. The molecule has 6 nitrogen and oxygen atoms in total. The SMILES string of the molecule is C[NH+](C)Cc1c(O)ccc2c1O/C(=C\c1ccc3c(c1)OCO3)C2=O. The number of allylic oxidation sites excluding steroid dienone is 1. The molecule has 25 heavy (non-hydrogen) atoms. The molecule has 0 amide bonds. The van der Waals surface area contributed by atoms with Crippen molar-refractivity contribution >= 4 is 11.9 Å². The molecule has 6 heteroatoms. The maximum Gasteiger partial charge on any atom is 0.231 e. The standard InChI is InChI=1S/C19H17NO5/c1-20(2)9-13-14(21)5-4-12-18(22)17(25-19(12)13)8-11-3-6-15-16(7-11)24-10-23-15/h3-8,21H,9-10H2,1-2H3/p+1/b17-8-. The first kappa shape index (κ1) is 15.5. The number of benzene rings is 2. The number of rotatable bonds is 3. The molecule has 0 aromatic heterocycles. The molecule has 2 N–H and O–H groups in total. The zero-order valence-electron chi connectivity index (χ0n) is 14.0. The van der Waals surface area contributed by atoms with Gasteiger partial charge in [0.2, 0.25) is 12.6 Å². The summed E-state index contributed by atoms with van der Waals surface area (Å²) in [7, 11) is 3.94. The van der Waals surface area contributed by atoms with Crippen LogP contribution in [0.2, 0.25) is 0 Å². The molecule has 0 fully saturated rings. The molecule has 4 rings (SSSR count). The Morgan fingerprint density at radius 1 is 1.16 bits per heavy atom.